The first-order valence-electron chi connectivity index (χ1n) is 5.94. The first-order chi connectivity index (χ1) is 8.18. The number of halogens is 1. The van der Waals surface area contributed by atoms with Crippen LogP contribution in [0.4, 0.5) is 5.69 Å². The molecule has 0 amide bonds. The van der Waals surface area contributed by atoms with Crippen LogP contribution in [0.1, 0.15) is 19.8 Å². The Morgan fingerprint density at radius 1 is 1.44 bits per heavy atom. The number of rotatable bonds is 3. The van der Waals surface area contributed by atoms with E-state index in [1.165, 1.54) is 18.6 Å². The summed E-state index contributed by atoms with van der Waals surface area (Å²) >= 11 is 2.00. The monoisotopic (exact) mass is 377 g/mol. The van der Waals surface area contributed by atoms with Crippen molar-refractivity contribution in [2.45, 2.75) is 24.5 Å². The van der Waals surface area contributed by atoms with Crippen molar-refractivity contribution in [2.75, 3.05) is 17.6 Å². The fourth-order valence-corrected chi connectivity index (χ4v) is 3.15. The average molecular weight is 377 g/mol. The molecular formula is C13H20IN3S. The molecule has 0 aliphatic carbocycles. The maximum Gasteiger partial charge on any atom is 0.193 e. The second-order valence-electron chi connectivity index (χ2n) is 4.59. The van der Waals surface area contributed by atoms with Gasteiger partial charge < -0.3 is 11.1 Å². The van der Waals surface area contributed by atoms with Gasteiger partial charge in [-0.1, -0.05) is 18.2 Å². The molecule has 0 radical (unpaired) electrons. The summed E-state index contributed by atoms with van der Waals surface area (Å²) in [6.45, 7) is 3.06. The van der Waals surface area contributed by atoms with Crippen molar-refractivity contribution in [3.63, 3.8) is 0 Å². The van der Waals surface area contributed by atoms with Gasteiger partial charge >= 0.3 is 0 Å². The van der Waals surface area contributed by atoms with Crippen molar-refractivity contribution in [3.8, 4) is 0 Å². The number of aliphatic imine (C=N–C) groups is 1. The van der Waals surface area contributed by atoms with E-state index in [4.69, 9.17) is 5.73 Å². The largest absolute Gasteiger partial charge is 0.370 e. The zero-order chi connectivity index (χ0) is 12.1. The van der Waals surface area contributed by atoms with E-state index in [0.29, 0.717) is 5.96 Å². The van der Waals surface area contributed by atoms with Gasteiger partial charge in [0.05, 0.1) is 6.54 Å². The fraction of sp³-hybridized carbons (Fsp3) is 0.462. The molecule has 5 heteroatoms. The number of nitrogens with two attached hydrogens (primary N) is 1. The third-order valence-corrected chi connectivity index (χ3v) is 4.45. The summed E-state index contributed by atoms with van der Waals surface area (Å²) in [5, 5.41) is 3.10. The molecule has 100 valence electrons. The van der Waals surface area contributed by atoms with Crippen LogP contribution in [-0.4, -0.2) is 23.0 Å². The molecule has 0 spiro atoms. The molecule has 1 aliphatic rings. The lowest BCUT2D eigenvalue weighted by Crippen LogP contribution is -2.27. The Bertz CT molecular complexity index is 388. The van der Waals surface area contributed by atoms with Gasteiger partial charge in [-0.25, -0.2) is 0 Å². The third-order valence-electron chi connectivity index (χ3n) is 2.93. The predicted molar refractivity (Wildman–Crippen MR) is 92.1 cm³/mol. The normalized spacial score (nSPS) is 23.5. The molecule has 0 saturated carbocycles. The standard InChI is InChI=1S/C13H19N3S.HI/c1-13(8-5-9-17-13)10-15-12(14)16-11-6-3-2-4-7-11;/h2-4,6-7H,5,8-10H2,1H3,(H3,14,15,16);1H. The Hall–Kier alpha value is -0.430. The Kier molecular flexibility index (Phi) is 6.28. The Labute approximate surface area is 130 Å². The number of anilines is 1. The zero-order valence-corrected chi connectivity index (χ0v) is 13.7. The summed E-state index contributed by atoms with van der Waals surface area (Å²) in [5.41, 5.74) is 6.86. The highest BCUT2D eigenvalue weighted by Crippen LogP contribution is 2.37. The molecule has 3 nitrogen and oxygen atoms in total. The molecule has 1 aliphatic heterocycles. The number of guanidine groups is 1. The van der Waals surface area contributed by atoms with Crippen LogP contribution >= 0.6 is 35.7 Å². The summed E-state index contributed by atoms with van der Waals surface area (Å²) in [4.78, 5) is 4.44. The van der Waals surface area contributed by atoms with Gasteiger partial charge in [-0.2, -0.15) is 11.8 Å². The SMILES string of the molecule is CC1(CN=C(N)Nc2ccccc2)CCCS1.I. The summed E-state index contributed by atoms with van der Waals surface area (Å²) in [5.74, 6) is 1.75. The summed E-state index contributed by atoms with van der Waals surface area (Å²) in [7, 11) is 0. The molecule has 0 bridgehead atoms. The van der Waals surface area contributed by atoms with Gasteiger partial charge in [0.2, 0.25) is 0 Å². The highest BCUT2D eigenvalue weighted by atomic mass is 127. The number of hydrogen-bond donors (Lipinski definition) is 2. The van der Waals surface area contributed by atoms with Crippen LogP contribution in [0.3, 0.4) is 0 Å². The Morgan fingerprint density at radius 2 is 2.17 bits per heavy atom. The predicted octanol–water partition coefficient (Wildman–Crippen LogP) is 3.32. The third kappa shape index (κ3) is 4.68. The molecule has 2 rings (SSSR count). The minimum absolute atomic E-state index is 0. The molecule has 1 aromatic rings. The number of nitrogens with zero attached hydrogens (tertiary/aromatic N) is 1. The van der Waals surface area contributed by atoms with Crippen LogP contribution in [-0.2, 0) is 0 Å². The maximum absolute atomic E-state index is 5.87. The summed E-state index contributed by atoms with van der Waals surface area (Å²) in [6, 6.07) is 9.89. The van der Waals surface area contributed by atoms with E-state index in [1.54, 1.807) is 0 Å². The highest BCUT2D eigenvalue weighted by molar-refractivity contribution is 14.0. The van der Waals surface area contributed by atoms with Crippen molar-refractivity contribution in [2.24, 2.45) is 10.7 Å². The highest BCUT2D eigenvalue weighted by Gasteiger charge is 2.28. The van der Waals surface area contributed by atoms with E-state index in [-0.39, 0.29) is 28.7 Å². The van der Waals surface area contributed by atoms with Crippen molar-refractivity contribution < 1.29 is 0 Å². The van der Waals surface area contributed by atoms with E-state index in [2.05, 4.69) is 17.2 Å². The molecule has 1 saturated heterocycles. The second kappa shape index (κ2) is 7.23. The Morgan fingerprint density at radius 3 is 2.78 bits per heavy atom. The van der Waals surface area contributed by atoms with Gasteiger partial charge in [0.1, 0.15) is 0 Å². The molecule has 0 aromatic heterocycles. The van der Waals surface area contributed by atoms with E-state index in [9.17, 15) is 0 Å². The van der Waals surface area contributed by atoms with Crippen LogP contribution < -0.4 is 11.1 Å². The number of thioether (sulfide) groups is 1. The van der Waals surface area contributed by atoms with Gasteiger partial charge in [-0.05, 0) is 37.7 Å². The molecule has 1 heterocycles. The molecule has 3 N–H and O–H groups in total. The molecule has 1 fully saturated rings. The summed E-state index contributed by atoms with van der Waals surface area (Å²) in [6.07, 6.45) is 2.53. The van der Waals surface area contributed by atoms with Crippen LogP contribution in [0.2, 0.25) is 0 Å². The lowest BCUT2D eigenvalue weighted by molar-refractivity contribution is 0.619. The fourth-order valence-electron chi connectivity index (χ4n) is 1.92. The van der Waals surface area contributed by atoms with Crippen molar-refractivity contribution in [1.29, 1.82) is 0 Å². The van der Waals surface area contributed by atoms with Crippen molar-refractivity contribution >= 4 is 47.4 Å². The van der Waals surface area contributed by atoms with Gasteiger partial charge in [-0.3, -0.25) is 4.99 Å². The first kappa shape index (κ1) is 15.6. The van der Waals surface area contributed by atoms with Gasteiger partial charge in [-0.15, -0.1) is 24.0 Å². The zero-order valence-electron chi connectivity index (χ0n) is 10.6. The molecular weight excluding hydrogens is 357 g/mol. The second-order valence-corrected chi connectivity index (χ2v) is 6.28. The smallest absolute Gasteiger partial charge is 0.193 e. The van der Waals surface area contributed by atoms with Gasteiger partial charge in [0.25, 0.3) is 0 Å². The van der Waals surface area contributed by atoms with Gasteiger partial charge in [0, 0.05) is 10.4 Å². The van der Waals surface area contributed by atoms with Crippen LogP contribution in [0, 0.1) is 0 Å². The minimum atomic E-state index is 0. The number of hydrogen-bond acceptors (Lipinski definition) is 2. The lowest BCUT2D eigenvalue weighted by atomic mass is 10.1. The molecule has 1 unspecified atom stereocenters. The maximum atomic E-state index is 5.87. The lowest BCUT2D eigenvalue weighted by Gasteiger charge is -2.19. The number of benzene rings is 1. The topological polar surface area (TPSA) is 50.4 Å². The van der Waals surface area contributed by atoms with E-state index >= 15 is 0 Å². The van der Waals surface area contributed by atoms with E-state index < -0.39 is 0 Å². The minimum Gasteiger partial charge on any atom is -0.370 e. The van der Waals surface area contributed by atoms with E-state index in [0.717, 1.165) is 12.2 Å². The molecule has 1 aromatic carbocycles. The molecule has 1 atom stereocenters. The van der Waals surface area contributed by atoms with E-state index in [1.807, 2.05) is 42.1 Å². The molecule has 18 heavy (non-hydrogen) atoms. The van der Waals surface area contributed by atoms with Crippen LogP contribution in [0.25, 0.3) is 0 Å². The summed E-state index contributed by atoms with van der Waals surface area (Å²) < 4.78 is 0.281. The number of para-hydroxylation sites is 1. The van der Waals surface area contributed by atoms with Crippen LogP contribution in [0.15, 0.2) is 35.3 Å². The van der Waals surface area contributed by atoms with Gasteiger partial charge in [0.15, 0.2) is 5.96 Å². The van der Waals surface area contributed by atoms with Crippen molar-refractivity contribution in [1.82, 2.24) is 0 Å². The van der Waals surface area contributed by atoms with Crippen LogP contribution in [0.5, 0.6) is 0 Å². The average Bonchev–Trinajstić information content (AvgIpc) is 2.76. The number of nitrogens with one attached hydrogen (secondary N) is 1. The first-order valence-corrected chi connectivity index (χ1v) is 6.92. The quantitative estimate of drug-likeness (QED) is 0.483. The Balaban J connectivity index is 0.00000162. The van der Waals surface area contributed by atoms with Crippen molar-refractivity contribution in [3.05, 3.63) is 30.3 Å².